The molecule has 2 saturated heterocycles. The third-order valence-corrected chi connectivity index (χ3v) is 6.43. The first-order chi connectivity index (χ1) is 15.1. The van der Waals surface area contributed by atoms with Gasteiger partial charge in [0.15, 0.2) is 0 Å². The molecule has 0 saturated carbocycles. The molecule has 0 bridgehead atoms. The maximum Gasteiger partial charge on any atom is 0.217 e. The van der Waals surface area contributed by atoms with E-state index in [4.69, 9.17) is 16.6 Å². The molecule has 0 aliphatic carbocycles. The van der Waals surface area contributed by atoms with Crippen molar-refractivity contribution in [1.82, 2.24) is 14.9 Å². The van der Waals surface area contributed by atoms with Crippen LogP contribution in [0.15, 0.2) is 53.7 Å². The van der Waals surface area contributed by atoms with Gasteiger partial charge in [-0.1, -0.05) is 29.8 Å². The summed E-state index contributed by atoms with van der Waals surface area (Å²) >= 11 is 6.15. The molecule has 2 aliphatic heterocycles. The number of nitriles is 1. The van der Waals surface area contributed by atoms with Gasteiger partial charge in [0.25, 0.3) is 0 Å². The first kappa shape index (κ1) is 19.6. The number of benzene rings is 2. The van der Waals surface area contributed by atoms with Crippen molar-refractivity contribution in [2.75, 3.05) is 29.4 Å². The van der Waals surface area contributed by atoms with Crippen LogP contribution >= 0.6 is 11.6 Å². The van der Waals surface area contributed by atoms with E-state index in [9.17, 15) is 5.26 Å². The smallest absolute Gasteiger partial charge is 0.217 e. The van der Waals surface area contributed by atoms with Gasteiger partial charge >= 0.3 is 0 Å². The van der Waals surface area contributed by atoms with E-state index in [-0.39, 0.29) is 12.1 Å². The number of guanidine groups is 1. The fraction of sp³-hybridized carbons (Fsp3) is 0.304. The van der Waals surface area contributed by atoms with Gasteiger partial charge in [0.05, 0.1) is 29.3 Å². The fourth-order valence-electron chi connectivity index (χ4n) is 4.62. The molecule has 0 N–H and O–H groups in total. The van der Waals surface area contributed by atoms with Crippen molar-refractivity contribution >= 4 is 40.1 Å². The van der Waals surface area contributed by atoms with Crippen LogP contribution in [0.3, 0.4) is 0 Å². The van der Waals surface area contributed by atoms with Crippen LogP contribution in [-0.2, 0) is 0 Å². The minimum absolute atomic E-state index is 0.152. The third-order valence-electron chi connectivity index (χ3n) is 6.20. The summed E-state index contributed by atoms with van der Waals surface area (Å²) in [5, 5.41) is 10.0. The second kappa shape index (κ2) is 7.71. The lowest BCUT2D eigenvalue weighted by atomic mass is 10.1. The highest BCUT2D eigenvalue weighted by Crippen LogP contribution is 2.34. The lowest BCUT2D eigenvalue weighted by Gasteiger charge is -2.38. The number of hydrogen-bond donors (Lipinski definition) is 0. The number of anilines is 2. The highest BCUT2D eigenvalue weighted by atomic mass is 35.5. The number of aromatic nitrogens is 2. The molecule has 2 fully saturated rings. The molecule has 7 nitrogen and oxygen atoms in total. The van der Waals surface area contributed by atoms with E-state index in [1.807, 2.05) is 42.7 Å². The monoisotopic (exact) mass is 431 g/mol. The van der Waals surface area contributed by atoms with Crippen LogP contribution < -0.4 is 9.80 Å². The van der Waals surface area contributed by atoms with Crippen molar-refractivity contribution in [1.29, 1.82) is 5.26 Å². The van der Waals surface area contributed by atoms with Crippen molar-refractivity contribution in [2.45, 2.75) is 25.9 Å². The summed E-state index contributed by atoms with van der Waals surface area (Å²) in [6.45, 7) is 6.59. The Morgan fingerprint density at radius 3 is 2.81 bits per heavy atom. The lowest BCUT2D eigenvalue weighted by molar-refractivity contribution is 0.288. The Balaban J connectivity index is 1.48. The predicted molar refractivity (Wildman–Crippen MR) is 123 cm³/mol. The van der Waals surface area contributed by atoms with E-state index in [0.29, 0.717) is 5.02 Å². The van der Waals surface area contributed by atoms with Gasteiger partial charge in [0, 0.05) is 30.3 Å². The first-order valence-corrected chi connectivity index (χ1v) is 10.7. The molecule has 2 unspecified atom stereocenters. The average Bonchev–Trinajstić information content (AvgIpc) is 3.05. The van der Waals surface area contributed by atoms with E-state index in [1.54, 1.807) is 0 Å². The molecule has 156 valence electrons. The third kappa shape index (κ3) is 3.33. The van der Waals surface area contributed by atoms with Crippen LogP contribution in [-0.4, -0.2) is 52.5 Å². The van der Waals surface area contributed by atoms with Crippen molar-refractivity contribution in [3.05, 3.63) is 59.2 Å². The molecule has 0 radical (unpaired) electrons. The fourth-order valence-corrected chi connectivity index (χ4v) is 4.79. The maximum absolute atomic E-state index is 9.36. The number of para-hydroxylation sites is 1. The standard InChI is InChI=1S/C23H22ClN7/c1-15-5-3-4-6-20(15)31-16(2)21-13-29(9-10-30(21)23(31)27-14-25)22-12-26-18-8-7-17(24)11-19(18)28-22/h3-8,11-12,16,21H,9-10,13H2,1-2H3. The van der Waals surface area contributed by atoms with Crippen LogP contribution in [0.4, 0.5) is 11.5 Å². The highest BCUT2D eigenvalue weighted by molar-refractivity contribution is 6.31. The molecule has 3 aromatic rings. The Morgan fingerprint density at radius 1 is 1.16 bits per heavy atom. The normalized spacial score (nSPS) is 22.1. The quantitative estimate of drug-likeness (QED) is 0.574. The van der Waals surface area contributed by atoms with Gasteiger partial charge in [-0.3, -0.25) is 4.98 Å². The molecule has 3 heterocycles. The summed E-state index contributed by atoms with van der Waals surface area (Å²) in [4.78, 5) is 20.3. The van der Waals surface area contributed by atoms with Gasteiger partial charge in [0.1, 0.15) is 5.82 Å². The molecule has 1 aromatic heterocycles. The van der Waals surface area contributed by atoms with Crippen molar-refractivity contribution in [2.24, 2.45) is 4.99 Å². The number of aliphatic imine (C=N–C) groups is 1. The Morgan fingerprint density at radius 2 is 2.00 bits per heavy atom. The number of piperazine rings is 1. The molecule has 0 amide bonds. The Bertz CT molecular complexity index is 1220. The van der Waals surface area contributed by atoms with E-state index in [2.05, 4.69) is 50.7 Å². The summed E-state index contributed by atoms with van der Waals surface area (Å²) in [5.41, 5.74) is 3.87. The molecule has 2 atom stereocenters. The van der Waals surface area contributed by atoms with Gasteiger partial charge < -0.3 is 14.7 Å². The van der Waals surface area contributed by atoms with Crippen LogP contribution in [0, 0.1) is 18.4 Å². The summed E-state index contributed by atoms with van der Waals surface area (Å²) < 4.78 is 0. The van der Waals surface area contributed by atoms with E-state index < -0.39 is 0 Å². The van der Waals surface area contributed by atoms with Crippen LogP contribution in [0.1, 0.15) is 12.5 Å². The van der Waals surface area contributed by atoms with Crippen molar-refractivity contribution in [3.63, 3.8) is 0 Å². The number of fused-ring (bicyclic) bond motifs is 2. The molecule has 2 aliphatic rings. The molecule has 8 heteroatoms. The molecular weight excluding hydrogens is 410 g/mol. The topological polar surface area (TPSA) is 71.7 Å². The van der Waals surface area contributed by atoms with Crippen LogP contribution in [0.5, 0.6) is 0 Å². The minimum Gasteiger partial charge on any atom is -0.351 e. The summed E-state index contributed by atoms with van der Waals surface area (Å²) in [5.74, 6) is 1.57. The zero-order chi connectivity index (χ0) is 21.5. The SMILES string of the molecule is Cc1ccccc1N1C(=NC#N)N2CCN(c3cnc4ccc(Cl)cc4n3)CC2C1C. The number of rotatable bonds is 2. The Labute approximate surface area is 186 Å². The largest absolute Gasteiger partial charge is 0.351 e. The van der Waals surface area contributed by atoms with Crippen molar-refractivity contribution in [3.8, 4) is 6.19 Å². The Hall–Kier alpha value is -3.37. The molecule has 2 aromatic carbocycles. The molecule has 31 heavy (non-hydrogen) atoms. The van der Waals surface area contributed by atoms with E-state index in [1.165, 1.54) is 0 Å². The van der Waals surface area contributed by atoms with E-state index >= 15 is 0 Å². The summed E-state index contributed by atoms with van der Waals surface area (Å²) in [6, 6.07) is 14.1. The summed E-state index contributed by atoms with van der Waals surface area (Å²) in [7, 11) is 0. The van der Waals surface area contributed by atoms with Crippen LogP contribution in [0.2, 0.25) is 5.02 Å². The molecular formula is C23H22ClN7. The van der Waals surface area contributed by atoms with Crippen LogP contribution in [0.25, 0.3) is 11.0 Å². The second-order valence-corrected chi connectivity index (χ2v) is 8.41. The first-order valence-electron chi connectivity index (χ1n) is 10.3. The number of aryl methyl sites for hydroxylation is 1. The number of hydrogen-bond acceptors (Lipinski definition) is 5. The highest BCUT2D eigenvalue weighted by Gasteiger charge is 2.45. The van der Waals surface area contributed by atoms with Gasteiger partial charge in [-0.15, -0.1) is 4.99 Å². The maximum atomic E-state index is 9.36. The van der Waals surface area contributed by atoms with E-state index in [0.717, 1.165) is 53.7 Å². The van der Waals surface area contributed by atoms with Gasteiger partial charge in [-0.05, 0) is 43.7 Å². The zero-order valence-electron chi connectivity index (χ0n) is 17.4. The zero-order valence-corrected chi connectivity index (χ0v) is 18.2. The average molecular weight is 432 g/mol. The second-order valence-electron chi connectivity index (χ2n) is 7.98. The van der Waals surface area contributed by atoms with Gasteiger partial charge in [-0.2, -0.15) is 5.26 Å². The molecule has 5 rings (SSSR count). The van der Waals surface area contributed by atoms with Crippen molar-refractivity contribution < 1.29 is 0 Å². The number of halogens is 1. The number of nitrogens with zero attached hydrogens (tertiary/aromatic N) is 7. The lowest BCUT2D eigenvalue weighted by Crippen LogP contribution is -2.54. The Kier molecular flexibility index (Phi) is 4.87. The minimum atomic E-state index is 0.152. The molecule has 0 spiro atoms. The van der Waals surface area contributed by atoms with Gasteiger partial charge in [0.2, 0.25) is 12.2 Å². The predicted octanol–water partition coefficient (Wildman–Crippen LogP) is 3.83. The van der Waals surface area contributed by atoms with Gasteiger partial charge in [-0.25, -0.2) is 4.98 Å². The summed E-state index contributed by atoms with van der Waals surface area (Å²) in [6.07, 6.45) is 3.84.